The maximum atomic E-state index is 13.1. The number of aliphatic hydroxyl groups is 1. The Morgan fingerprint density at radius 2 is 1.71 bits per heavy atom. The van der Waals surface area contributed by atoms with Crippen LogP contribution in [0.5, 0.6) is 0 Å². The first-order chi connectivity index (χ1) is 9.77. The van der Waals surface area contributed by atoms with Gasteiger partial charge in [0.2, 0.25) is 0 Å². The minimum atomic E-state index is -2.10. The lowest BCUT2D eigenvalue weighted by Crippen LogP contribution is -2.45. The van der Waals surface area contributed by atoms with Crippen molar-refractivity contribution in [1.29, 1.82) is 0 Å². The van der Waals surface area contributed by atoms with Crippen LogP contribution in [0.15, 0.2) is 18.2 Å². The van der Waals surface area contributed by atoms with Gasteiger partial charge in [0.05, 0.1) is 7.11 Å². The summed E-state index contributed by atoms with van der Waals surface area (Å²) in [4.78, 5) is 22.6. The molecule has 2 amide bonds. The van der Waals surface area contributed by atoms with Crippen LogP contribution in [0.1, 0.15) is 12.5 Å². The molecule has 0 aliphatic carbocycles. The number of ether oxygens (including phenoxy) is 1. The summed E-state index contributed by atoms with van der Waals surface area (Å²) >= 11 is 0. The summed E-state index contributed by atoms with van der Waals surface area (Å²) < 4.78 is 30.5. The van der Waals surface area contributed by atoms with Gasteiger partial charge in [0.15, 0.2) is 5.60 Å². The van der Waals surface area contributed by atoms with Gasteiger partial charge in [-0.3, -0.25) is 4.79 Å². The van der Waals surface area contributed by atoms with Gasteiger partial charge in [-0.25, -0.2) is 13.6 Å². The number of rotatable bonds is 5. The van der Waals surface area contributed by atoms with Crippen LogP contribution >= 0.6 is 0 Å². The summed E-state index contributed by atoms with van der Waals surface area (Å²) in [6.07, 6.45) is -0.664. The monoisotopic (exact) mass is 302 g/mol. The predicted octanol–water partition coefficient (Wildman–Crippen LogP) is 0.644. The highest BCUT2D eigenvalue weighted by atomic mass is 19.1. The van der Waals surface area contributed by atoms with Crippen LogP contribution < -0.4 is 10.6 Å². The summed E-state index contributed by atoms with van der Waals surface area (Å²) in [6, 6.07) is 2.38. The molecule has 0 aromatic heterocycles. The zero-order chi connectivity index (χ0) is 16.0. The van der Waals surface area contributed by atoms with Crippen LogP contribution in [-0.2, 0) is 15.1 Å². The second-order valence-electron chi connectivity index (χ2n) is 4.40. The minimum Gasteiger partial charge on any atom is -0.453 e. The smallest absolute Gasteiger partial charge is 0.406 e. The van der Waals surface area contributed by atoms with Crippen LogP contribution in [0.25, 0.3) is 0 Å². The van der Waals surface area contributed by atoms with Gasteiger partial charge in [0.25, 0.3) is 5.91 Å². The zero-order valence-corrected chi connectivity index (χ0v) is 11.6. The van der Waals surface area contributed by atoms with Gasteiger partial charge in [-0.2, -0.15) is 0 Å². The van der Waals surface area contributed by atoms with E-state index < -0.39 is 29.2 Å². The zero-order valence-electron chi connectivity index (χ0n) is 11.6. The molecular weight excluding hydrogens is 286 g/mol. The van der Waals surface area contributed by atoms with Crippen molar-refractivity contribution in [1.82, 2.24) is 10.6 Å². The first-order valence-electron chi connectivity index (χ1n) is 6.06. The number of methoxy groups -OCH3 is 1. The Morgan fingerprint density at radius 3 is 2.24 bits per heavy atom. The molecule has 1 atom stereocenters. The molecule has 8 heteroatoms. The highest BCUT2D eigenvalue weighted by Crippen LogP contribution is 2.22. The number of benzene rings is 1. The topological polar surface area (TPSA) is 87.7 Å². The second kappa shape index (κ2) is 6.98. The molecule has 0 aliphatic rings. The summed E-state index contributed by atoms with van der Waals surface area (Å²) in [7, 11) is 1.19. The van der Waals surface area contributed by atoms with Crippen LogP contribution in [0.4, 0.5) is 13.6 Å². The van der Waals surface area contributed by atoms with E-state index in [0.717, 1.165) is 19.1 Å². The molecule has 0 saturated carbocycles. The molecular formula is C13H16F2N2O4. The van der Waals surface area contributed by atoms with E-state index in [4.69, 9.17) is 0 Å². The quantitative estimate of drug-likeness (QED) is 0.697. The molecule has 0 saturated heterocycles. The summed E-state index contributed by atoms with van der Waals surface area (Å²) in [6.45, 7) is 1.21. The van der Waals surface area contributed by atoms with Crippen molar-refractivity contribution in [2.75, 3.05) is 20.2 Å². The Kier molecular flexibility index (Phi) is 5.60. The number of hydrogen-bond acceptors (Lipinski definition) is 4. The fourth-order valence-corrected chi connectivity index (χ4v) is 1.55. The number of carbonyl (C=O) groups is 2. The third-order valence-electron chi connectivity index (χ3n) is 2.73. The van der Waals surface area contributed by atoms with Gasteiger partial charge in [0.1, 0.15) is 11.6 Å². The fourth-order valence-electron chi connectivity index (χ4n) is 1.55. The van der Waals surface area contributed by atoms with Gasteiger partial charge in [-0.1, -0.05) is 0 Å². The Hall–Kier alpha value is -2.22. The summed E-state index contributed by atoms with van der Waals surface area (Å²) in [5, 5.41) is 14.8. The Bertz CT molecular complexity index is 515. The molecule has 0 bridgehead atoms. The van der Waals surface area contributed by atoms with Crippen LogP contribution in [0.3, 0.4) is 0 Å². The SMILES string of the molecule is COC(=O)NCCNC(=O)C(C)(O)c1cc(F)cc(F)c1. The molecule has 1 rings (SSSR count). The van der Waals surface area contributed by atoms with Crippen LogP contribution in [-0.4, -0.2) is 37.3 Å². The van der Waals surface area contributed by atoms with E-state index in [9.17, 15) is 23.5 Å². The van der Waals surface area contributed by atoms with Gasteiger partial charge in [-0.15, -0.1) is 0 Å². The number of alkyl carbamates (subject to hydrolysis) is 1. The number of amides is 2. The van der Waals surface area contributed by atoms with Gasteiger partial charge in [-0.05, 0) is 24.6 Å². The minimum absolute atomic E-state index is 0.0158. The van der Waals surface area contributed by atoms with Crippen molar-refractivity contribution >= 4 is 12.0 Å². The lowest BCUT2D eigenvalue weighted by Gasteiger charge is -2.23. The summed E-state index contributed by atoms with van der Waals surface area (Å²) in [5.74, 6) is -2.64. The van der Waals surface area contributed by atoms with Gasteiger partial charge in [0, 0.05) is 19.2 Å². The molecule has 6 nitrogen and oxygen atoms in total. The van der Waals surface area contributed by atoms with Crippen molar-refractivity contribution in [2.45, 2.75) is 12.5 Å². The number of hydrogen-bond donors (Lipinski definition) is 3. The normalized spacial score (nSPS) is 13.2. The van der Waals surface area contributed by atoms with Gasteiger partial charge >= 0.3 is 6.09 Å². The van der Waals surface area contributed by atoms with E-state index in [1.165, 1.54) is 7.11 Å². The lowest BCUT2D eigenvalue weighted by molar-refractivity contribution is -0.138. The molecule has 0 radical (unpaired) electrons. The standard InChI is InChI=1S/C13H16F2N2O4/c1-13(20,8-5-9(14)7-10(15)6-8)11(18)16-3-4-17-12(19)21-2/h5-7,20H,3-4H2,1-2H3,(H,16,18)(H,17,19). The molecule has 3 N–H and O–H groups in total. The Balaban J connectivity index is 2.64. The maximum Gasteiger partial charge on any atom is 0.406 e. The first kappa shape index (κ1) is 16.8. The number of halogens is 2. The predicted molar refractivity (Wildman–Crippen MR) is 69.3 cm³/mol. The molecule has 0 heterocycles. The lowest BCUT2D eigenvalue weighted by atomic mass is 9.95. The van der Waals surface area contributed by atoms with Crippen LogP contribution in [0, 0.1) is 11.6 Å². The number of nitrogens with one attached hydrogen (secondary N) is 2. The highest BCUT2D eigenvalue weighted by molar-refractivity contribution is 5.85. The van der Waals surface area contributed by atoms with Crippen molar-refractivity contribution in [2.24, 2.45) is 0 Å². The fraction of sp³-hybridized carbons (Fsp3) is 0.385. The molecule has 0 spiro atoms. The van der Waals surface area contributed by atoms with E-state index in [1.54, 1.807) is 0 Å². The van der Waals surface area contributed by atoms with Crippen molar-refractivity contribution < 1.29 is 28.2 Å². The molecule has 1 unspecified atom stereocenters. The van der Waals surface area contributed by atoms with E-state index >= 15 is 0 Å². The van der Waals surface area contributed by atoms with E-state index in [0.29, 0.717) is 6.07 Å². The van der Waals surface area contributed by atoms with Crippen molar-refractivity contribution in [3.8, 4) is 0 Å². The van der Waals surface area contributed by atoms with E-state index in [-0.39, 0.29) is 18.7 Å². The third-order valence-corrected chi connectivity index (χ3v) is 2.73. The molecule has 1 aromatic rings. The average Bonchev–Trinajstić information content (AvgIpc) is 2.41. The second-order valence-corrected chi connectivity index (χ2v) is 4.40. The van der Waals surface area contributed by atoms with Crippen LogP contribution in [0.2, 0.25) is 0 Å². The third kappa shape index (κ3) is 4.67. The first-order valence-corrected chi connectivity index (χ1v) is 6.06. The molecule has 0 fully saturated rings. The average molecular weight is 302 g/mol. The molecule has 1 aromatic carbocycles. The van der Waals surface area contributed by atoms with E-state index in [1.807, 2.05) is 0 Å². The molecule has 21 heavy (non-hydrogen) atoms. The Morgan fingerprint density at radius 1 is 1.19 bits per heavy atom. The number of carbonyl (C=O) groups excluding carboxylic acids is 2. The highest BCUT2D eigenvalue weighted by Gasteiger charge is 2.33. The Labute approximate surface area is 120 Å². The molecule has 0 aliphatic heterocycles. The van der Waals surface area contributed by atoms with Gasteiger partial charge < -0.3 is 20.5 Å². The van der Waals surface area contributed by atoms with E-state index in [2.05, 4.69) is 15.4 Å². The van der Waals surface area contributed by atoms with Crippen molar-refractivity contribution in [3.05, 3.63) is 35.4 Å². The van der Waals surface area contributed by atoms with Crippen molar-refractivity contribution in [3.63, 3.8) is 0 Å². The molecule has 116 valence electrons. The largest absolute Gasteiger partial charge is 0.453 e. The summed E-state index contributed by atoms with van der Waals surface area (Å²) in [5.41, 5.74) is -2.31. The maximum absolute atomic E-state index is 13.1.